The Morgan fingerprint density at radius 1 is 1.19 bits per heavy atom. The van der Waals surface area contributed by atoms with E-state index in [2.05, 4.69) is 0 Å². The molecule has 1 atom stereocenters. The van der Waals surface area contributed by atoms with E-state index in [0.717, 1.165) is 43.2 Å². The van der Waals surface area contributed by atoms with Gasteiger partial charge in [-0.2, -0.15) is 18.4 Å². The Morgan fingerprint density at radius 2 is 1.84 bits per heavy atom. The van der Waals surface area contributed by atoms with Crippen molar-refractivity contribution in [1.29, 1.82) is 5.26 Å². The van der Waals surface area contributed by atoms with Gasteiger partial charge in [-0.1, -0.05) is 6.07 Å². The molecule has 1 heterocycles. The molecule has 2 aromatic carbocycles. The summed E-state index contributed by atoms with van der Waals surface area (Å²) < 4.78 is 90.6. The van der Waals surface area contributed by atoms with Gasteiger partial charge in [0.1, 0.15) is 17.4 Å². The third kappa shape index (κ3) is 4.17. The Morgan fingerprint density at radius 3 is 2.38 bits per heavy atom. The van der Waals surface area contributed by atoms with Gasteiger partial charge in [0, 0.05) is 0 Å². The number of alkyl halides is 4. The second kappa shape index (κ2) is 8.26. The van der Waals surface area contributed by atoms with Gasteiger partial charge < -0.3 is 14.4 Å². The molecule has 0 aliphatic carbocycles. The van der Waals surface area contributed by atoms with Gasteiger partial charge in [0.25, 0.3) is 5.91 Å². The molecule has 1 unspecified atom stereocenters. The van der Waals surface area contributed by atoms with Crippen LogP contribution in [0.25, 0.3) is 0 Å². The van der Waals surface area contributed by atoms with Crippen molar-refractivity contribution in [3.63, 3.8) is 0 Å². The molecular weight excluding hydrogens is 442 g/mol. The first-order chi connectivity index (χ1) is 14.9. The maximum absolute atomic E-state index is 15.1. The summed E-state index contributed by atoms with van der Waals surface area (Å²) >= 11 is 0. The molecule has 1 aliphatic rings. The van der Waals surface area contributed by atoms with E-state index in [0.29, 0.717) is 6.07 Å². The maximum Gasteiger partial charge on any atom is 0.425 e. The molecule has 11 heteroatoms. The Bertz CT molecular complexity index is 1090. The number of nitrogens with zero attached hydrogens (tertiary/aromatic N) is 2. The predicted molar refractivity (Wildman–Crippen MR) is 98.9 cm³/mol. The molecule has 32 heavy (non-hydrogen) atoms. The average molecular weight is 458 g/mol. The first-order valence-electron chi connectivity index (χ1n) is 9.19. The lowest BCUT2D eigenvalue weighted by Gasteiger charge is -2.45. The molecule has 0 radical (unpaired) electrons. The van der Waals surface area contributed by atoms with Crippen LogP contribution in [0.5, 0.6) is 11.5 Å². The van der Waals surface area contributed by atoms with E-state index in [-0.39, 0.29) is 16.9 Å². The average Bonchev–Trinajstić information content (AvgIpc) is 2.71. The summed E-state index contributed by atoms with van der Waals surface area (Å²) in [5, 5.41) is 9.25. The maximum atomic E-state index is 15.1. The molecule has 3 rings (SSSR count). The molecule has 1 fully saturated rings. The normalized spacial score (nSPS) is 16.0. The van der Waals surface area contributed by atoms with Crippen molar-refractivity contribution < 1.29 is 40.6 Å². The number of benzene rings is 2. The number of ether oxygens (including phenoxy) is 2. The Balaban J connectivity index is 1.93. The number of methoxy groups -OCH3 is 1. The van der Waals surface area contributed by atoms with Gasteiger partial charge in [-0.25, -0.2) is 13.2 Å². The zero-order chi connectivity index (χ0) is 23.8. The zero-order valence-corrected chi connectivity index (χ0v) is 16.8. The molecule has 0 saturated carbocycles. The van der Waals surface area contributed by atoms with Crippen LogP contribution < -0.4 is 9.47 Å². The topological polar surface area (TPSA) is 62.6 Å². The first-order valence-corrected chi connectivity index (χ1v) is 9.19. The zero-order valence-electron chi connectivity index (χ0n) is 16.8. The number of carbonyl (C=O) groups is 1. The Hall–Kier alpha value is -3.42. The lowest BCUT2D eigenvalue weighted by Crippen LogP contribution is -2.59. The number of nitriles is 1. The van der Waals surface area contributed by atoms with Crippen LogP contribution in [0.15, 0.2) is 30.3 Å². The molecule has 0 bridgehead atoms. The fraction of sp³-hybridized carbons (Fsp3) is 0.333. The number of hydrogen-bond acceptors (Lipinski definition) is 4. The van der Waals surface area contributed by atoms with Crippen molar-refractivity contribution in [1.82, 2.24) is 4.90 Å². The summed E-state index contributed by atoms with van der Waals surface area (Å²) in [5.41, 5.74) is -3.00. The van der Waals surface area contributed by atoms with E-state index in [1.54, 1.807) is 6.07 Å². The van der Waals surface area contributed by atoms with Crippen LogP contribution in [0, 0.1) is 23.0 Å². The van der Waals surface area contributed by atoms with Gasteiger partial charge >= 0.3 is 6.18 Å². The molecular formula is C21H16F6N2O3. The molecule has 1 amide bonds. The molecule has 0 aromatic heterocycles. The largest absolute Gasteiger partial charge is 0.494 e. The van der Waals surface area contributed by atoms with Gasteiger partial charge in [0.2, 0.25) is 0 Å². The van der Waals surface area contributed by atoms with Crippen LogP contribution in [0.4, 0.5) is 26.3 Å². The van der Waals surface area contributed by atoms with Crippen molar-refractivity contribution in [2.75, 3.05) is 20.2 Å². The highest BCUT2D eigenvalue weighted by atomic mass is 19.4. The minimum Gasteiger partial charge on any atom is -0.494 e. The molecule has 0 N–H and O–H groups in total. The van der Waals surface area contributed by atoms with Gasteiger partial charge in [-0.3, -0.25) is 4.79 Å². The molecule has 1 saturated heterocycles. The summed E-state index contributed by atoms with van der Waals surface area (Å²) in [6.45, 7) is -0.422. The van der Waals surface area contributed by atoms with Crippen LogP contribution in [-0.4, -0.2) is 43.3 Å². The smallest absolute Gasteiger partial charge is 0.425 e. The molecule has 5 nitrogen and oxygen atoms in total. The standard InChI is InChI=1S/C21H16F6N2O3/c1-11(21(25,26)27)32-16-6-3-12(8-28)18(31-2)17(16)19(30)29-9-20(24,10-29)13-4-5-14(22)15(23)7-13/h3-7,11H,9-10H2,1-2H3. The summed E-state index contributed by atoms with van der Waals surface area (Å²) in [6.07, 6.45) is -7.02. The SMILES string of the molecule is COc1c(C#N)ccc(OC(C)C(F)(F)F)c1C(=O)N1CC(F)(c2ccc(F)c(F)c2)C1. The minimum absolute atomic E-state index is 0.143. The highest BCUT2D eigenvalue weighted by molar-refractivity contribution is 6.01. The molecule has 0 spiro atoms. The number of carbonyl (C=O) groups excluding carboxylic acids is 1. The van der Waals surface area contributed by atoms with Gasteiger partial charge in [0.15, 0.2) is 29.2 Å². The molecule has 1 aliphatic heterocycles. The van der Waals surface area contributed by atoms with E-state index >= 15 is 4.39 Å². The van der Waals surface area contributed by atoms with E-state index < -0.39 is 59.9 Å². The summed E-state index contributed by atoms with van der Waals surface area (Å²) in [7, 11) is 1.11. The van der Waals surface area contributed by atoms with Crippen molar-refractivity contribution in [3.8, 4) is 17.6 Å². The molecule has 170 valence electrons. The van der Waals surface area contributed by atoms with E-state index in [1.807, 2.05) is 0 Å². The lowest BCUT2D eigenvalue weighted by molar-refractivity contribution is -0.189. The van der Waals surface area contributed by atoms with Crippen LogP contribution in [0.1, 0.15) is 28.4 Å². The first kappa shape index (κ1) is 23.2. The fourth-order valence-electron chi connectivity index (χ4n) is 3.24. The van der Waals surface area contributed by atoms with Crippen molar-refractivity contribution in [3.05, 3.63) is 58.7 Å². The number of amides is 1. The highest BCUT2D eigenvalue weighted by Gasteiger charge is 2.49. The third-order valence-corrected chi connectivity index (χ3v) is 5.03. The van der Waals surface area contributed by atoms with Crippen LogP contribution in [-0.2, 0) is 5.67 Å². The van der Waals surface area contributed by atoms with Crippen LogP contribution in [0.3, 0.4) is 0 Å². The number of likely N-dealkylation sites (tertiary alicyclic amines) is 1. The van der Waals surface area contributed by atoms with E-state index in [9.17, 15) is 32.0 Å². The number of halogens is 6. The van der Waals surface area contributed by atoms with Crippen LogP contribution >= 0.6 is 0 Å². The highest BCUT2D eigenvalue weighted by Crippen LogP contribution is 2.41. The van der Waals surface area contributed by atoms with Crippen molar-refractivity contribution in [2.45, 2.75) is 24.9 Å². The second-order valence-corrected chi connectivity index (χ2v) is 7.19. The van der Waals surface area contributed by atoms with Gasteiger partial charge in [-0.05, 0) is 36.8 Å². The Kier molecular flexibility index (Phi) is 6.00. The van der Waals surface area contributed by atoms with E-state index in [1.165, 1.54) is 0 Å². The van der Waals surface area contributed by atoms with Crippen molar-refractivity contribution in [2.24, 2.45) is 0 Å². The summed E-state index contributed by atoms with van der Waals surface area (Å²) in [4.78, 5) is 14.0. The van der Waals surface area contributed by atoms with Gasteiger partial charge in [-0.15, -0.1) is 0 Å². The fourth-order valence-corrected chi connectivity index (χ4v) is 3.24. The minimum atomic E-state index is -4.74. The summed E-state index contributed by atoms with van der Waals surface area (Å²) in [5.74, 6) is -4.19. The Labute approximate surface area is 178 Å². The number of hydrogen-bond donors (Lipinski definition) is 0. The van der Waals surface area contributed by atoms with E-state index in [4.69, 9.17) is 9.47 Å². The summed E-state index contributed by atoms with van der Waals surface area (Å²) in [6, 6.07) is 6.37. The van der Waals surface area contributed by atoms with Gasteiger partial charge in [0.05, 0.1) is 25.8 Å². The monoisotopic (exact) mass is 458 g/mol. The number of rotatable bonds is 5. The molecule has 2 aromatic rings. The van der Waals surface area contributed by atoms with Crippen LogP contribution in [0.2, 0.25) is 0 Å². The lowest BCUT2D eigenvalue weighted by atomic mass is 9.87. The quantitative estimate of drug-likeness (QED) is 0.620. The predicted octanol–water partition coefficient (Wildman–Crippen LogP) is 4.50. The third-order valence-electron chi connectivity index (χ3n) is 5.03. The van der Waals surface area contributed by atoms with Crippen molar-refractivity contribution >= 4 is 5.91 Å². The second-order valence-electron chi connectivity index (χ2n) is 7.19.